The van der Waals surface area contributed by atoms with E-state index in [0.717, 1.165) is 12.1 Å². The van der Waals surface area contributed by atoms with Crippen LogP contribution in [0.4, 0.5) is 23.7 Å². The summed E-state index contributed by atoms with van der Waals surface area (Å²) in [5, 5.41) is 5.02. The number of halogens is 4. The third-order valence-electron chi connectivity index (χ3n) is 3.93. The lowest BCUT2D eigenvalue weighted by Gasteiger charge is -2.19. The Labute approximate surface area is 151 Å². The molecule has 3 N–H and O–H groups in total. The highest BCUT2D eigenvalue weighted by Crippen LogP contribution is 2.36. The van der Waals surface area contributed by atoms with Crippen molar-refractivity contribution in [3.8, 4) is 0 Å². The Morgan fingerprint density at radius 3 is 2.54 bits per heavy atom. The standard InChI is InChI=1S/C15H16ClF3N4O3/c1-3-14(2)12(25)23(13(26)21-14)22-11(24)7-20-8-4-5-10(16)9(6-8)15(17,18)19/h4-6,20H,3,7H2,1-2H3,(H,21,26)(H,22,24). The lowest BCUT2D eigenvalue weighted by Crippen LogP contribution is -2.50. The number of hydrogen-bond donors (Lipinski definition) is 3. The fraction of sp³-hybridized carbons (Fsp3) is 0.400. The van der Waals surface area contributed by atoms with E-state index in [1.807, 2.05) is 0 Å². The van der Waals surface area contributed by atoms with Crippen LogP contribution >= 0.6 is 11.6 Å². The molecule has 2 rings (SSSR count). The second-order valence-electron chi connectivity index (χ2n) is 5.84. The highest BCUT2D eigenvalue weighted by molar-refractivity contribution is 6.31. The Morgan fingerprint density at radius 2 is 2.00 bits per heavy atom. The summed E-state index contributed by atoms with van der Waals surface area (Å²) in [6.07, 6.45) is -4.31. The first-order valence-electron chi connectivity index (χ1n) is 7.54. The Kier molecular flexibility index (Phi) is 5.36. The lowest BCUT2D eigenvalue weighted by atomic mass is 10.00. The molecule has 0 spiro atoms. The SMILES string of the molecule is CCC1(C)NC(=O)N(NC(=O)CNc2ccc(Cl)c(C(F)(F)F)c2)C1=O. The third-order valence-corrected chi connectivity index (χ3v) is 4.26. The van der Waals surface area contributed by atoms with Crippen LogP contribution in [0.3, 0.4) is 0 Å². The van der Waals surface area contributed by atoms with Crippen molar-refractivity contribution < 1.29 is 27.6 Å². The number of hydrogen-bond acceptors (Lipinski definition) is 4. The molecule has 142 valence electrons. The monoisotopic (exact) mass is 392 g/mol. The van der Waals surface area contributed by atoms with Crippen LogP contribution in [0.15, 0.2) is 18.2 Å². The Hall–Kier alpha value is -2.49. The van der Waals surface area contributed by atoms with Gasteiger partial charge in [0, 0.05) is 5.69 Å². The zero-order chi connectivity index (χ0) is 19.7. The van der Waals surface area contributed by atoms with Crippen LogP contribution in [-0.4, -0.2) is 34.9 Å². The molecule has 1 heterocycles. The van der Waals surface area contributed by atoms with Gasteiger partial charge in [0.2, 0.25) is 0 Å². The minimum Gasteiger partial charge on any atom is -0.376 e. The maximum atomic E-state index is 12.8. The van der Waals surface area contributed by atoms with Crippen molar-refractivity contribution >= 4 is 35.1 Å². The summed E-state index contributed by atoms with van der Waals surface area (Å²) in [4.78, 5) is 35.8. The molecule has 11 heteroatoms. The number of imide groups is 1. The van der Waals surface area contributed by atoms with Crippen LogP contribution in [0.5, 0.6) is 0 Å². The second kappa shape index (κ2) is 7.02. The molecule has 1 unspecified atom stereocenters. The predicted octanol–water partition coefficient (Wildman–Crippen LogP) is 2.52. The van der Waals surface area contributed by atoms with Crippen molar-refractivity contribution in [2.75, 3.05) is 11.9 Å². The molecule has 1 aromatic rings. The van der Waals surface area contributed by atoms with Crippen molar-refractivity contribution in [2.45, 2.75) is 32.0 Å². The van der Waals surface area contributed by atoms with Crippen molar-refractivity contribution in [1.82, 2.24) is 15.8 Å². The summed E-state index contributed by atoms with van der Waals surface area (Å²) in [6.45, 7) is 2.76. The number of nitrogens with zero attached hydrogens (tertiary/aromatic N) is 1. The molecule has 7 nitrogen and oxygen atoms in total. The second-order valence-corrected chi connectivity index (χ2v) is 6.24. The van der Waals surface area contributed by atoms with Gasteiger partial charge in [0.05, 0.1) is 17.1 Å². The summed E-state index contributed by atoms with van der Waals surface area (Å²) in [6, 6.07) is 2.30. The van der Waals surface area contributed by atoms with E-state index in [1.165, 1.54) is 13.0 Å². The molecule has 1 fully saturated rings. The van der Waals surface area contributed by atoms with Gasteiger partial charge in [0.1, 0.15) is 5.54 Å². The van der Waals surface area contributed by atoms with Gasteiger partial charge in [0.15, 0.2) is 0 Å². The van der Waals surface area contributed by atoms with Crippen molar-refractivity contribution in [3.05, 3.63) is 28.8 Å². The molecule has 0 saturated carbocycles. The normalized spacial score (nSPS) is 20.2. The average Bonchev–Trinajstić information content (AvgIpc) is 2.77. The highest BCUT2D eigenvalue weighted by Gasteiger charge is 2.47. The summed E-state index contributed by atoms with van der Waals surface area (Å²) in [5.41, 5.74) is -0.0362. The predicted molar refractivity (Wildman–Crippen MR) is 87.2 cm³/mol. The van der Waals surface area contributed by atoms with Crippen LogP contribution in [-0.2, 0) is 15.8 Å². The van der Waals surface area contributed by atoms with Gasteiger partial charge in [-0.25, -0.2) is 4.79 Å². The van der Waals surface area contributed by atoms with Crippen LogP contribution in [0.1, 0.15) is 25.8 Å². The smallest absolute Gasteiger partial charge is 0.376 e. The molecule has 0 aliphatic carbocycles. The van der Waals surface area contributed by atoms with E-state index in [0.29, 0.717) is 11.4 Å². The van der Waals surface area contributed by atoms with Crippen LogP contribution in [0.2, 0.25) is 5.02 Å². The van der Waals surface area contributed by atoms with Crippen molar-refractivity contribution in [2.24, 2.45) is 0 Å². The molecule has 4 amide bonds. The van der Waals surface area contributed by atoms with Gasteiger partial charge >= 0.3 is 12.2 Å². The van der Waals surface area contributed by atoms with Gasteiger partial charge in [-0.05, 0) is 31.5 Å². The zero-order valence-corrected chi connectivity index (χ0v) is 14.6. The fourth-order valence-corrected chi connectivity index (χ4v) is 2.45. The molecule has 0 radical (unpaired) electrons. The van der Waals surface area contributed by atoms with Gasteiger partial charge in [0.25, 0.3) is 11.8 Å². The molecule has 1 saturated heterocycles. The van der Waals surface area contributed by atoms with Gasteiger partial charge in [-0.1, -0.05) is 18.5 Å². The summed E-state index contributed by atoms with van der Waals surface area (Å²) in [5.74, 6) is -1.40. The number of urea groups is 1. The number of anilines is 1. The number of nitrogens with one attached hydrogen (secondary N) is 3. The first kappa shape index (κ1) is 19.8. The summed E-state index contributed by atoms with van der Waals surface area (Å²) < 4.78 is 38.4. The summed E-state index contributed by atoms with van der Waals surface area (Å²) in [7, 11) is 0. The summed E-state index contributed by atoms with van der Waals surface area (Å²) >= 11 is 5.51. The maximum absolute atomic E-state index is 12.8. The van der Waals surface area contributed by atoms with E-state index in [9.17, 15) is 27.6 Å². The number of hydrazine groups is 1. The van der Waals surface area contributed by atoms with Crippen molar-refractivity contribution in [3.63, 3.8) is 0 Å². The number of carbonyl (C=O) groups is 3. The third kappa shape index (κ3) is 4.01. The molecule has 1 atom stereocenters. The van der Waals surface area contributed by atoms with E-state index in [4.69, 9.17) is 11.6 Å². The molecule has 0 bridgehead atoms. The van der Waals surface area contributed by atoms with E-state index in [2.05, 4.69) is 16.1 Å². The minimum atomic E-state index is -4.64. The zero-order valence-electron chi connectivity index (χ0n) is 13.8. The quantitative estimate of drug-likeness (QED) is 0.672. The Morgan fingerprint density at radius 1 is 1.35 bits per heavy atom. The molecular weight excluding hydrogens is 377 g/mol. The Bertz CT molecular complexity index is 756. The van der Waals surface area contributed by atoms with Crippen LogP contribution in [0, 0.1) is 0 Å². The Balaban J connectivity index is 2.00. The maximum Gasteiger partial charge on any atom is 0.417 e. The molecule has 1 aliphatic heterocycles. The van der Waals surface area contributed by atoms with Gasteiger partial charge in [-0.2, -0.15) is 18.2 Å². The minimum absolute atomic E-state index is 0.00692. The largest absolute Gasteiger partial charge is 0.417 e. The number of amides is 4. The highest BCUT2D eigenvalue weighted by atomic mass is 35.5. The van der Waals surface area contributed by atoms with E-state index >= 15 is 0 Å². The molecular formula is C15H16ClF3N4O3. The topological polar surface area (TPSA) is 90.5 Å². The molecule has 0 aromatic heterocycles. The first-order valence-corrected chi connectivity index (χ1v) is 7.92. The van der Waals surface area contributed by atoms with E-state index < -0.39 is 46.7 Å². The molecule has 1 aliphatic rings. The average molecular weight is 393 g/mol. The van der Waals surface area contributed by atoms with Gasteiger partial charge in [-0.3, -0.25) is 15.0 Å². The van der Waals surface area contributed by atoms with E-state index in [-0.39, 0.29) is 5.69 Å². The lowest BCUT2D eigenvalue weighted by molar-refractivity contribution is -0.138. The van der Waals surface area contributed by atoms with Gasteiger partial charge < -0.3 is 10.6 Å². The number of benzene rings is 1. The van der Waals surface area contributed by atoms with Gasteiger partial charge in [-0.15, -0.1) is 0 Å². The fourth-order valence-electron chi connectivity index (χ4n) is 2.22. The van der Waals surface area contributed by atoms with Crippen LogP contribution in [0.25, 0.3) is 0 Å². The van der Waals surface area contributed by atoms with Crippen LogP contribution < -0.4 is 16.1 Å². The first-order chi connectivity index (χ1) is 12.0. The number of rotatable bonds is 5. The number of alkyl halides is 3. The number of carbonyl (C=O) groups excluding carboxylic acids is 3. The van der Waals surface area contributed by atoms with E-state index in [1.54, 1.807) is 6.92 Å². The van der Waals surface area contributed by atoms with Crippen molar-refractivity contribution in [1.29, 1.82) is 0 Å². The molecule has 26 heavy (non-hydrogen) atoms. The molecule has 1 aromatic carbocycles.